The van der Waals surface area contributed by atoms with Gasteiger partial charge in [-0.3, -0.25) is 0 Å². The molecule has 0 spiro atoms. The Morgan fingerprint density at radius 1 is 1.47 bits per heavy atom. The van der Waals surface area contributed by atoms with Crippen molar-refractivity contribution in [1.82, 2.24) is 10.2 Å². The Morgan fingerprint density at radius 3 is 2.53 bits per heavy atom. The number of aliphatic hydroxyl groups excluding tert-OH is 1. The van der Waals surface area contributed by atoms with Gasteiger partial charge in [0.25, 0.3) is 0 Å². The summed E-state index contributed by atoms with van der Waals surface area (Å²) in [6.07, 6.45) is 2.29. The van der Waals surface area contributed by atoms with Crippen LogP contribution in [0, 0.1) is 5.41 Å². The zero-order chi connectivity index (χ0) is 13.1. The summed E-state index contributed by atoms with van der Waals surface area (Å²) in [7, 11) is 0. The molecule has 1 aliphatic rings. The maximum absolute atomic E-state index is 9.53. The zero-order valence-electron chi connectivity index (χ0n) is 12.2. The molecule has 1 fully saturated rings. The third-order valence-electron chi connectivity index (χ3n) is 4.03. The molecule has 1 saturated heterocycles. The molecule has 1 aliphatic heterocycles. The quantitative estimate of drug-likeness (QED) is 0.746. The molecule has 0 bridgehead atoms. The van der Waals surface area contributed by atoms with E-state index in [1.807, 2.05) is 0 Å². The fourth-order valence-corrected chi connectivity index (χ4v) is 2.93. The first-order valence-corrected chi connectivity index (χ1v) is 6.92. The smallest absolute Gasteiger partial charge is 0.0611 e. The number of hydrogen-bond donors (Lipinski definition) is 2. The summed E-state index contributed by atoms with van der Waals surface area (Å²) in [4.78, 5) is 2.56. The van der Waals surface area contributed by atoms with E-state index in [2.05, 4.69) is 44.8 Å². The van der Waals surface area contributed by atoms with Crippen LogP contribution >= 0.6 is 0 Å². The second kappa shape index (κ2) is 5.68. The molecule has 0 amide bonds. The topological polar surface area (TPSA) is 35.5 Å². The summed E-state index contributed by atoms with van der Waals surface area (Å²) < 4.78 is 0. The van der Waals surface area contributed by atoms with Crippen LogP contribution in [0.25, 0.3) is 0 Å². The van der Waals surface area contributed by atoms with Gasteiger partial charge in [0.15, 0.2) is 0 Å². The summed E-state index contributed by atoms with van der Waals surface area (Å²) in [5.41, 5.74) is 0.322. The van der Waals surface area contributed by atoms with Crippen molar-refractivity contribution in [2.75, 3.05) is 26.2 Å². The summed E-state index contributed by atoms with van der Waals surface area (Å²) in [6, 6.07) is 0.535. The number of likely N-dealkylation sites (tertiary alicyclic amines) is 1. The zero-order valence-corrected chi connectivity index (χ0v) is 12.2. The summed E-state index contributed by atoms with van der Waals surface area (Å²) in [6.45, 7) is 14.7. The minimum atomic E-state index is -0.138. The van der Waals surface area contributed by atoms with Crippen LogP contribution in [0.15, 0.2) is 0 Å². The van der Waals surface area contributed by atoms with Crippen LogP contribution in [0.5, 0.6) is 0 Å². The number of nitrogens with one attached hydrogen (secondary N) is 1. The lowest BCUT2D eigenvalue weighted by atomic mass is 9.92. The predicted molar refractivity (Wildman–Crippen MR) is 73.2 cm³/mol. The van der Waals surface area contributed by atoms with Gasteiger partial charge in [0.1, 0.15) is 0 Å². The van der Waals surface area contributed by atoms with Crippen molar-refractivity contribution in [2.45, 2.75) is 59.0 Å². The molecule has 1 rings (SSSR count). The maximum Gasteiger partial charge on any atom is 0.0611 e. The fraction of sp³-hybridized carbons (Fsp3) is 1.00. The Hall–Kier alpha value is -0.120. The van der Waals surface area contributed by atoms with Gasteiger partial charge in [-0.05, 0) is 45.2 Å². The third-order valence-corrected chi connectivity index (χ3v) is 4.03. The standard InChI is InChI=1S/C14H30N2O/c1-6-15-14(5,11-17)9-12(2)16-8-7-13(3,4)10-16/h12,15,17H,6-11H2,1-5H3. The number of rotatable bonds is 6. The van der Waals surface area contributed by atoms with Gasteiger partial charge in [0, 0.05) is 18.1 Å². The first kappa shape index (κ1) is 14.9. The highest BCUT2D eigenvalue weighted by atomic mass is 16.3. The normalized spacial score (nSPS) is 25.8. The monoisotopic (exact) mass is 242 g/mol. The molecule has 3 heteroatoms. The Morgan fingerprint density at radius 2 is 2.12 bits per heavy atom. The van der Waals surface area contributed by atoms with E-state index < -0.39 is 0 Å². The van der Waals surface area contributed by atoms with E-state index >= 15 is 0 Å². The van der Waals surface area contributed by atoms with E-state index in [1.54, 1.807) is 0 Å². The molecule has 2 N–H and O–H groups in total. The van der Waals surface area contributed by atoms with Gasteiger partial charge in [-0.1, -0.05) is 20.8 Å². The summed E-state index contributed by atoms with van der Waals surface area (Å²) >= 11 is 0. The largest absolute Gasteiger partial charge is 0.394 e. The van der Waals surface area contributed by atoms with Gasteiger partial charge in [0.2, 0.25) is 0 Å². The van der Waals surface area contributed by atoms with Crippen LogP contribution < -0.4 is 5.32 Å². The highest BCUT2D eigenvalue weighted by Gasteiger charge is 2.34. The molecule has 0 aromatic rings. The van der Waals surface area contributed by atoms with Crippen molar-refractivity contribution in [2.24, 2.45) is 5.41 Å². The van der Waals surface area contributed by atoms with Crippen molar-refractivity contribution in [3.63, 3.8) is 0 Å². The van der Waals surface area contributed by atoms with Gasteiger partial charge in [-0.15, -0.1) is 0 Å². The molecule has 17 heavy (non-hydrogen) atoms. The molecule has 3 nitrogen and oxygen atoms in total. The molecule has 0 aromatic carbocycles. The molecular weight excluding hydrogens is 212 g/mol. The van der Waals surface area contributed by atoms with Crippen LogP contribution in [-0.2, 0) is 0 Å². The summed E-state index contributed by atoms with van der Waals surface area (Å²) in [5.74, 6) is 0. The average molecular weight is 242 g/mol. The van der Waals surface area contributed by atoms with Crippen molar-refractivity contribution >= 4 is 0 Å². The van der Waals surface area contributed by atoms with E-state index in [9.17, 15) is 5.11 Å². The number of hydrogen-bond acceptors (Lipinski definition) is 3. The second-order valence-corrected chi connectivity index (χ2v) is 6.69. The molecule has 0 saturated carbocycles. The van der Waals surface area contributed by atoms with Crippen molar-refractivity contribution in [3.05, 3.63) is 0 Å². The SMILES string of the molecule is CCNC(C)(CO)CC(C)N1CCC(C)(C)C1. The predicted octanol–water partition coefficient (Wildman–Crippen LogP) is 1.86. The number of nitrogens with zero attached hydrogens (tertiary/aromatic N) is 1. The van der Waals surface area contributed by atoms with Crippen LogP contribution in [0.4, 0.5) is 0 Å². The van der Waals surface area contributed by atoms with Crippen LogP contribution in [-0.4, -0.2) is 47.8 Å². The molecular formula is C14H30N2O. The third kappa shape index (κ3) is 4.23. The van der Waals surface area contributed by atoms with E-state index in [0.717, 1.165) is 13.0 Å². The van der Waals surface area contributed by atoms with Crippen molar-refractivity contribution in [3.8, 4) is 0 Å². The lowest BCUT2D eigenvalue weighted by Crippen LogP contribution is -2.50. The van der Waals surface area contributed by atoms with E-state index in [0.29, 0.717) is 11.5 Å². The Kier molecular flexibility index (Phi) is 4.99. The molecule has 0 aliphatic carbocycles. The first-order chi connectivity index (χ1) is 7.82. The van der Waals surface area contributed by atoms with E-state index in [1.165, 1.54) is 19.5 Å². The lowest BCUT2D eigenvalue weighted by Gasteiger charge is -2.35. The summed E-state index contributed by atoms with van der Waals surface area (Å²) in [5, 5.41) is 12.9. The molecule has 102 valence electrons. The number of likely N-dealkylation sites (N-methyl/N-ethyl adjacent to an activating group) is 1. The minimum absolute atomic E-state index is 0.138. The number of aliphatic hydroxyl groups is 1. The van der Waals surface area contributed by atoms with Gasteiger partial charge in [-0.2, -0.15) is 0 Å². The van der Waals surface area contributed by atoms with Crippen LogP contribution in [0.3, 0.4) is 0 Å². The van der Waals surface area contributed by atoms with Crippen molar-refractivity contribution < 1.29 is 5.11 Å². The van der Waals surface area contributed by atoms with Gasteiger partial charge in [0.05, 0.1) is 6.61 Å². The van der Waals surface area contributed by atoms with Gasteiger partial charge >= 0.3 is 0 Å². The average Bonchev–Trinajstić information content (AvgIpc) is 2.59. The van der Waals surface area contributed by atoms with Gasteiger partial charge < -0.3 is 15.3 Å². The second-order valence-electron chi connectivity index (χ2n) is 6.69. The maximum atomic E-state index is 9.53. The molecule has 0 radical (unpaired) electrons. The first-order valence-electron chi connectivity index (χ1n) is 6.92. The van der Waals surface area contributed by atoms with Gasteiger partial charge in [-0.25, -0.2) is 0 Å². The van der Waals surface area contributed by atoms with E-state index in [4.69, 9.17) is 0 Å². The van der Waals surface area contributed by atoms with Crippen molar-refractivity contribution in [1.29, 1.82) is 0 Å². The Balaban J connectivity index is 2.51. The molecule has 2 atom stereocenters. The lowest BCUT2D eigenvalue weighted by molar-refractivity contribution is 0.122. The van der Waals surface area contributed by atoms with Crippen LogP contribution in [0.1, 0.15) is 47.5 Å². The fourth-order valence-electron chi connectivity index (χ4n) is 2.93. The molecule has 2 unspecified atom stereocenters. The highest BCUT2D eigenvalue weighted by molar-refractivity contribution is 4.91. The molecule has 0 aromatic heterocycles. The van der Waals surface area contributed by atoms with Crippen LogP contribution in [0.2, 0.25) is 0 Å². The Labute approximate surface area is 107 Å². The minimum Gasteiger partial charge on any atom is -0.394 e. The Bertz CT molecular complexity index is 242. The van der Waals surface area contributed by atoms with E-state index in [-0.39, 0.29) is 12.1 Å². The molecule has 1 heterocycles. The highest BCUT2D eigenvalue weighted by Crippen LogP contribution is 2.31.